The number of nitrogens with one attached hydrogen (secondary N) is 1. The molecule has 2 unspecified atom stereocenters. The summed E-state index contributed by atoms with van der Waals surface area (Å²) in [5, 5.41) is 3.03. The molecule has 0 radical (unpaired) electrons. The fourth-order valence-corrected chi connectivity index (χ4v) is 1.47. The molecule has 3 N–H and O–H groups in total. The van der Waals surface area contributed by atoms with Crippen molar-refractivity contribution in [3.63, 3.8) is 0 Å². The van der Waals surface area contributed by atoms with E-state index in [0.29, 0.717) is 13.0 Å². The van der Waals surface area contributed by atoms with E-state index in [1.54, 1.807) is 0 Å². The van der Waals surface area contributed by atoms with E-state index in [1.807, 2.05) is 6.92 Å². The van der Waals surface area contributed by atoms with Crippen LogP contribution >= 0.6 is 0 Å². The third kappa shape index (κ3) is 7.33. The number of carbonyl (C=O) groups excluding carboxylic acids is 1. The van der Waals surface area contributed by atoms with Gasteiger partial charge in [-0.2, -0.15) is 0 Å². The fraction of sp³-hybridized carbons (Fsp3) is 0.909. The van der Waals surface area contributed by atoms with Crippen molar-refractivity contribution in [1.29, 1.82) is 0 Å². The van der Waals surface area contributed by atoms with Crippen LogP contribution in [-0.4, -0.2) is 31.2 Å². The van der Waals surface area contributed by atoms with Crippen LogP contribution in [0.3, 0.4) is 0 Å². The molecule has 0 saturated carbocycles. The second kappa shape index (κ2) is 8.68. The van der Waals surface area contributed by atoms with Crippen LogP contribution < -0.4 is 11.1 Å². The predicted molar refractivity (Wildman–Crippen MR) is 61.6 cm³/mol. The van der Waals surface area contributed by atoms with Gasteiger partial charge in [-0.15, -0.1) is 0 Å². The Morgan fingerprint density at radius 1 is 1.40 bits per heavy atom. The topological polar surface area (TPSA) is 64.3 Å². The summed E-state index contributed by atoms with van der Waals surface area (Å²) in [6.07, 6.45) is 3.10. The molecule has 15 heavy (non-hydrogen) atoms. The van der Waals surface area contributed by atoms with Gasteiger partial charge in [0.1, 0.15) is 0 Å². The number of nitrogens with two attached hydrogens (primary N) is 1. The summed E-state index contributed by atoms with van der Waals surface area (Å²) in [6.45, 7) is 7.47. The Labute approximate surface area is 92.6 Å². The number of hydrogen-bond acceptors (Lipinski definition) is 3. The molecule has 4 nitrogen and oxygen atoms in total. The van der Waals surface area contributed by atoms with E-state index in [0.717, 1.165) is 19.4 Å². The van der Waals surface area contributed by atoms with E-state index in [9.17, 15) is 4.79 Å². The maximum Gasteiger partial charge on any atom is 0.234 e. The van der Waals surface area contributed by atoms with E-state index >= 15 is 0 Å². The molecule has 0 fully saturated rings. The molecule has 0 spiro atoms. The standard InChI is InChI=1S/C11H24N2O2/c1-4-6-9(3)15-8-7-10(11(12)14)13-5-2/h9-10,13H,4-8H2,1-3H3,(H2,12,14). The molecule has 0 saturated heterocycles. The monoisotopic (exact) mass is 216 g/mol. The Morgan fingerprint density at radius 2 is 2.07 bits per heavy atom. The largest absolute Gasteiger partial charge is 0.378 e. The number of ether oxygens (including phenoxy) is 1. The average Bonchev–Trinajstić information content (AvgIpc) is 2.16. The Bertz CT molecular complexity index is 174. The highest BCUT2D eigenvalue weighted by Gasteiger charge is 2.13. The van der Waals surface area contributed by atoms with Gasteiger partial charge in [-0.25, -0.2) is 0 Å². The zero-order chi connectivity index (χ0) is 11.7. The highest BCUT2D eigenvalue weighted by molar-refractivity contribution is 5.79. The number of rotatable bonds is 9. The van der Waals surface area contributed by atoms with Gasteiger partial charge < -0.3 is 15.8 Å². The van der Waals surface area contributed by atoms with Crippen LogP contribution in [0.1, 0.15) is 40.0 Å². The summed E-state index contributed by atoms with van der Waals surface area (Å²) in [7, 11) is 0. The van der Waals surface area contributed by atoms with Gasteiger partial charge in [0.15, 0.2) is 0 Å². The van der Waals surface area contributed by atoms with Crippen LogP contribution in [-0.2, 0) is 9.53 Å². The van der Waals surface area contributed by atoms with Crippen LogP contribution in [0.15, 0.2) is 0 Å². The Kier molecular flexibility index (Phi) is 8.33. The van der Waals surface area contributed by atoms with E-state index in [-0.39, 0.29) is 18.1 Å². The van der Waals surface area contributed by atoms with Gasteiger partial charge in [0.2, 0.25) is 5.91 Å². The molecule has 0 aromatic carbocycles. The van der Waals surface area contributed by atoms with E-state index in [1.165, 1.54) is 0 Å². The lowest BCUT2D eigenvalue weighted by Gasteiger charge is -2.16. The summed E-state index contributed by atoms with van der Waals surface area (Å²) in [5.41, 5.74) is 5.24. The van der Waals surface area contributed by atoms with Crippen LogP contribution in [0.25, 0.3) is 0 Å². The molecule has 2 atom stereocenters. The van der Waals surface area contributed by atoms with E-state index in [4.69, 9.17) is 10.5 Å². The number of carbonyl (C=O) groups is 1. The van der Waals surface area contributed by atoms with Crippen molar-refractivity contribution >= 4 is 5.91 Å². The Hall–Kier alpha value is -0.610. The molecule has 4 heteroatoms. The Balaban J connectivity index is 3.65. The van der Waals surface area contributed by atoms with Gasteiger partial charge in [0.05, 0.1) is 12.1 Å². The van der Waals surface area contributed by atoms with Crippen molar-refractivity contribution < 1.29 is 9.53 Å². The predicted octanol–water partition coefficient (Wildman–Crippen LogP) is 1.05. The molecular formula is C11H24N2O2. The summed E-state index contributed by atoms with van der Waals surface area (Å²) < 4.78 is 5.56. The highest BCUT2D eigenvalue weighted by Crippen LogP contribution is 2.02. The normalized spacial score (nSPS) is 14.9. The van der Waals surface area contributed by atoms with Crippen molar-refractivity contribution in [3.05, 3.63) is 0 Å². The molecule has 0 aromatic heterocycles. The molecule has 0 heterocycles. The SMILES string of the molecule is CCCC(C)OCCC(NCC)C(N)=O. The summed E-state index contributed by atoms with van der Waals surface area (Å²) in [5.74, 6) is -0.302. The number of amides is 1. The lowest BCUT2D eigenvalue weighted by molar-refractivity contribution is -0.120. The first-order valence-corrected chi connectivity index (χ1v) is 5.76. The van der Waals surface area contributed by atoms with Gasteiger partial charge in [0.25, 0.3) is 0 Å². The molecule has 0 aliphatic rings. The number of primary amides is 1. The van der Waals surface area contributed by atoms with E-state index < -0.39 is 0 Å². The summed E-state index contributed by atoms with van der Waals surface area (Å²) in [4.78, 5) is 11.0. The van der Waals surface area contributed by atoms with Gasteiger partial charge in [-0.3, -0.25) is 4.79 Å². The lowest BCUT2D eigenvalue weighted by Crippen LogP contribution is -2.42. The molecule has 0 bridgehead atoms. The minimum absolute atomic E-state index is 0.260. The minimum Gasteiger partial charge on any atom is -0.378 e. The van der Waals surface area contributed by atoms with Crippen molar-refractivity contribution in [1.82, 2.24) is 5.32 Å². The van der Waals surface area contributed by atoms with Crippen molar-refractivity contribution in [2.75, 3.05) is 13.2 Å². The molecule has 0 aromatic rings. The Morgan fingerprint density at radius 3 is 2.53 bits per heavy atom. The van der Waals surface area contributed by atoms with Crippen LogP contribution in [0.2, 0.25) is 0 Å². The summed E-state index contributed by atoms with van der Waals surface area (Å²) >= 11 is 0. The van der Waals surface area contributed by atoms with Crippen molar-refractivity contribution in [3.8, 4) is 0 Å². The van der Waals surface area contributed by atoms with E-state index in [2.05, 4.69) is 19.2 Å². The van der Waals surface area contributed by atoms with Crippen molar-refractivity contribution in [2.45, 2.75) is 52.2 Å². The summed E-state index contributed by atoms with van der Waals surface area (Å²) in [6, 6.07) is -0.260. The van der Waals surface area contributed by atoms with Gasteiger partial charge >= 0.3 is 0 Å². The molecule has 0 rings (SSSR count). The van der Waals surface area contributed by atoms with Crippen LogP contribution in [0.4, 0.5) is 0 Å². The zero-order valence-electron chi connectivity index (χ0n) is 10.1. The third-order valence-electron chi connectivity index (χ3n) is 2.30. The van der Waals surface area contributed by atoms with Crippen LogP contribution in [0.5, 0.6) is 0 Å². The second-order valence-electron chi connectivity index (χ2n) is 3.77. The molecule has 0 aliphatic heterocycles. The first-order valence-electron chi connectivity index (χ1n) is 5.76. The van der Waals surface area contributed by atoms with Gasteiger partial charge in [0, 0.05) is 6.61 Å². The molecule has 0 aliphatic carbocycles. The minimum atomic E-state index is -0.302. The zero-order valence-corrected chi connectivity index (χ0v) is 10.1. The second-order valence-corrected chi connectivity index (χ2v) is 3.77. The number of likely N-dealkylation sites (N-methyl/N-ethyl adjacent to an activating group) is 1. The average molecular weight is 216 g/mol. The fourth-order valence-electron chi connectivity index (χ4n) is 1.47. The smallest absolute Gasteiger partial charge is 0.234 e. The number of hydrogen-bond donors (Lipinski definition) is 2. The van der Waals surface area contributed by atoms with Gasteiger partial charge in [-0.1, -0.05) is 20.3 Å². The van der Waals surface area contributed by atoms with Gasteiger partial charge in [-0.05, 0) is 26.3 Å². The lowest BCUT2D eigenvalue weighted by atomic mass is 10.2. The maximum absolute atomic E-state index is 11.0. The highest BCUT2D eigenvalue weighted by atomic mass is 16.5. The molecule has 90 valence electrons. The first-order chi connectivity index (χ1) is 7.11. The maximum atomic E-state index is 11.0. The quantitative estimate of drug-likeness (QED) is 0.605. The third-order valence-corrected chi connectivity index (χ3v) is 2.30. The molecular weight excluding hydrogens is 192 g/mol. The first kappa shape index (κ1) is 14.4. The van der Waals surface area contributed by atoms with Crippen molar-refractivity contribution in [2.24, 2.45) is 5.73 Å². The van der Waals surface area contributed by atoms with Crippen LogP contribution in [0, 0.1) is 0 Å². The molecule has 1 amide bonds.